The minimum atomic E-state index is 0.142. The normalized spacial score (nSPS) is 15.7. The molecule has 0 aromatic heterocycles. The van der Waals surface area contributed by atoms with Gasteiger partial charge in [-0.05, 0) is 63.9 Å². The summed E-state index contributed by atoms with van der Waals surface area (Å²) >= 11 is 0. The fourth-order valence-electron chi connectivity index (χ4n) is 5.76. The van der Waals surface area contributed by atoms with E-state index < -0.39 is 0 Å². The third kappa shape index (κ3) is 2.97. The van der Waals surface area contributed by atoms with Crippen molar-refractivity contribution in [2.24, 2.45) is 0 Å². The molecule has 6 rings (SSSR count). The molecule has 4 aromatic rings. The van der Waals surface area contributed by atoms with Gasteiger partial charge in [-0.2, -0.15) is 0 Å². The van der Waals surface area contributed by atoms with E-state index in [-0.39, 0.29) is 10.8 Å². The van der Waals surface area contributed by atoms with Crippen molar-refractivity contribution in [3.05, 3.63) is 118 Å². The fraction of sp³-hybridized carbons (Fsp3) is 0.250. The number of hydrogen-bond acceptors (Lipinski definition) is 0. The number of benzene rings is 4. The Morgan fingerprint density at radius 1 is 0.469 bits per heavy atom. The van der Waals surface area contributed by atoms with E-state index >= 15 is 0 Å². The van der Waals surface area contributed by atoms with Crippen LogP contribution in [-0.4, -0.2) is 0 Å². The molecule has 4 aromatic carbocycles. The van der Waals surface area contributed by atoms with Gasteiger partial charge >= 0.3 is 0 Å². The lowest BCUT2D eigenvalue weighted by molar-refractivity contribution is 0.659. The minimum Gasteiger partial charge on any atom is -0.0619 e. The molecule has 0 radical (unpaired) electrons. The monoisotopic (exact) mass is 416 g/mol. The van der Waals surface area contributed by atoms with Gasteiger partial charge in [-0.1, -0.05) is 118 Å². The number of fused-ring (bicyclic) bond motifs is 6. The maximum Gasteiger partial charge on any atom is 0.0159 e. The van der Waals surface area contributed by atoms with Crippen LogP contribution in [0.2, 0.25) is 0 Å². The van der Waals surface area contributed by atoms with Gasteiger partial charge in [0.25, 0.3) is 0 Å². The van der Waals surface area contributed by atoms with Crippen LogP contribution in [-0.2, 0) is 10.8 Å². The maximum atomic E-state index is 2.34. The van der Waals surface area contributed by atoms with E-state index in [1.165, 1.54) is 55.6 Å². The van der Waals surface area contributed by atoms with Crippen molar-refractivity contribution in [2.45, 2.75) is 52.4 Å². The highest BCUT2D eigenvalue weighted by Crippen LogP contribution is 2.50. The highest BCUT2D eigenvalue weighted by molar-refractivity contribution is 5.83. The van der Waals surface area contributed by atoms with E-state index in [1.807, 2.05) is 0 Å². The first kappa shape index (κ1) is 20.8. The summed E-state index contributed by atoms with van der Waals surface area (Å²) in [5.41, 5.74) is 14.6. The largest absolute Gasteiger partial charge is 0.0619 e. The first-order valence-corrected chi connectivity index (χ1v) is 11.6. The van der Waals surface area contributed by atoms with Gasteiger partial charge in [0.15, 0.2) is 0 Å². The summed E-state index contributed by atoms with van der Waals surface area (Å²) in [6.07, 6.45) is 0. The summed E-state index contributed by atoms with van der Waals surface area (Å²) in [6, 6.07) is 31.0. The average Bonchev–Trinajstić information content (AvgIpc) is 3.15. The Hall–Kier alpha value is -3.12. The molecule has 0 bridgehead atoms. The molecule has 0 heteroatoms. The van der Waals surface area contributed by atoms with Crippen LogP contribution in [0.25, 0.3) is 22.3 Å². The minimum absolute atomic E-state index is 0.142. The van der Waals surface area contributed by atoms with Gasteiger partial charge in [-0.15, -0.1) is 0 Å². The van der Waals surface area contributed by atoms with E-state index in [4.69, 9.17) is 0 Å². The summed E-state index contributed by atoms with van der Waals surface area (Å²) in [5, 5.41) is 0. The summed E-state index contributed by atoms with van der Waals surface area (Å²) in [4.78, 5) is 0. The molecule has 0 spiro atoms. The third-order valence-electron chi connectivity index (χ3n) is 7.55. The predicted molar refractivity (Wildman–Crippen MR) is 137 cm³/mol. The second kappa shape index (κ2) is 7.20. The zero-order valence-corrected chi connectivity index (χ0v) is 20.1. The average molecular weight is 417 g/mol. The topological polar surface area (TPSA) is 0 Å². The Kier molecular flexibility index (Phi) is 4.67. The van der Waals surface area contributed by atoms with Crippen molar-refractivity contribution in [3.63, 3.8) is 0 Å². The molecule has 0 amide bonds. The Bertz CT molecular complexity index is 1290. The molecule has 0 saturated heterocycles. The Labute approximate surface area is 193 Å². The summed E-state index contributed by atoms with van der Waals surface area (Å²) in [7, 11) is 0. The highest BCUT2D eigenvalue weighted by Gasteiger charge is 2.36. The van der Waals surface area contributed by atoms with Crippen molar-refractivity contribution >= 4 is 0 Å². The molecule has 0 N–H and O–H groups in total. The van der Waals surface area contributed by atoms with E-state index in [9.17, 15) is 0 Å². The molecular weight excluding hydrogens is 384 g/mol. The number of rotatable bonds is 0. The molecule has 0 atom stereocenters. The molecule has 0 nitrogen and oxygen atoms in total. The smallest absolute Gasteiger partial charge is 0.0159 e. The zero-order chi connectivity index (χ0) is 22.7. The molecule has 0 heterocycles. The summed E-state index contributed by atoms with van der Waals surface area (Å²) in [5.74, 6) is 0. The first-order valence-electron chi connectivity index (χ1n) is 11.6. The lowest BCUT2D eigenvalue weighted by Gasteiger charge is -2.21. The molecule has 160 valence electrons. The van der Waals surface area contributed by atoms with Crippen LogP contribution >= 0.6 is 0 Å². The van der Waals surface area contributed by atoms with Crippen molar-refractivity contribution in [3.8, 4) is 22.3 Å². The molecule has 32 heavy (non-hydrogen) atoms. The third-order valence-corrected chi connectivity index (χ3v) is 7.55. The second-order valence-electron chi connectivity index (χ2n) is 10.4. The van der Waals surface area contributed by atoms with E-state index in [1.54, 1.807) is 0 Å². The molecule has 0 aliphatic heterocycles. The first-order chi connectivity index (χ1) is 15.2. The van der Waals surface area contributed by atoms with Crippen LogP contribution in [0.15, 0.2) is 84.9 Å². The zero-order valence-electron chi connectivity index (χ0n) is 20.1. The Balaban J connectivity index is 0.000000136. The summed E-state index contributed by atoms with van der Waals surface area (Å²) in [6.45, 7) is 13.7. The van der Waals surface area contributed by atoms with E-state index in [2.05, 4.69) is 126 Å². The van der Waals surface area contributed by atoms with Crippen LogP contribution in [0.1, 0.15) is 61.1 Å². The van der Waals surface area contributed by atoms with Crippen LogP contribution < -0.4 is 0 Å². The van der Waals surface area contributed by atoms with Gasteiger partial charge in [0.05, 0.1) is 0 Å². The molecule has 2 aliphatic rings. The van der Waals surface area contributed by atoms with Crippen LogP contribution in [0.5, 0.6) is 0 Å². The quantitative estimate of drug-likeness (QED) is 0.269. The van der Waals surface area contributed by atoms with Crippen molar-refractivity contribution in [1.29, 1.82) is 0 Å². The standard InChI is InChI=1S/C17H18.C15H14/c1-11-8-9-13-15(10-11)17(3,4)14-7-5-6-12(2)16(13)14;1-15(2)13-9-5-3-7-11(13)12-8-4-6-10-14(12)15/h5-10H,1-4H3;3-10H,1-2H3. The molecule has 2 aliphatic carbocycles. The van der Waals surface area contributed by atoms with Gasteiger partial charge in [0.1, 0.15) is 0 Å². The van der Waals surface area contributed by atoms with Crippen molar-refractivity contribution in [2.75, 3.05) is 0 Å². The highest BCUT2D eigenvalue weighted by atomic mass is 14.4. The van der Waals surface area contributed by atoms with Crippen LogP contribution in [0.4, 0.5) is 0 Å². The van der Waals surface area contributed by atoms with Gasteiger partial charge in [0.2, 0.25) is 0 Å². The van der Waals surface area contributed by atoms with Crippen LogP contribution in [0.3, 0.4) is 0 Å². The van der Waals surface area contributed by atoms with E-state index in [0.29, 0.717) is 0 Å². The molecular formula is C32H32. The lowest BCUT2D eigenvalue weighted by atomic mass is 9.82. The van der Waals surface area contributed by atoms with Crippen molar-refractivity contribution in [1.82, 2.24) is 0 Å². The van der Waals surface area contributed by atoms with E-state index in [0.717, 1.165) is 0 Å². The molecule has 0 saturated carbocycles. The van der Waals surface area contributed by atoms with Crippen molar-refractivity contribution < 1.29 is 0 Å². The van der Waals surface area contributed by atoms with Gasteiger partial charge in [-0.25, -0.2) is 0 Å². The Morgan fingerprint density at radius 3 is 1.62 bits per heavy atom. The lowest BCUT2D eigenvalue weighted by Crippen LogP contribution is -2.15. The van der Waals surface area contributed by atoms with Gasteiger partial charge in [0, 0.05) is 10.8 Å². The molecule has 0 unspecified atom stereocenters. The maximum absolute atomic E-state index is 2.34. The Morgan fingerprint density at radius 2 is 1.00 bits per heavy atom. The SMILES string of the molecule is CC1(C)c2ccccc2-c2ccccc21.Cc1ccc2c(c1)C(C)(C)c1cccc(C)c1-2. The van der Waals surface area contributed by atoms with Gasteiger partial charge < -0.3 is 0 Å². The fourth-order valence-corrected chi connectivity index (χ4v) is 5.76. The predicted octanol–water partition coefficient (Wildman–Crippen LogP) is 8.60. The number of hydrogen-bond donors (Lipinski definition) is 0. The molecule has 0 fully saturated rings. The van der Waals surface area contributed by atoms with Gasteiger partial charge in [-0.3, -0.25) is 0 Å². The summed E-state index contributed by atoms with van der Waals surface area (Å²) < 4.78 is 0. The number of aryl methyl sites for hydroxylation is 2. The van der Waals surface area contributed by atoms with Crippen LogP contribution in [0, 0.1) is 13.8 Å². The second-order valence-corrected chi connectivity index (χ2v) is 10.4.